The van der Waals surface area contributed by atoms with Gasteiger partial charge in [0.15, 0.2) is 4.80 Å². The molecule has 1 saturated heterocycles. The molecule has 1 aliphatic heterocycles. The first-order chi connectivity index (χ1) is 17.1. The van der Waals surface area contributed by atoms with E-state index < -0.39 is 10.0 Å². The third-order valence-corrected chi connectivity index (χ3v) is 9.20. The first-order valence-electron chi connectivity index (χ1n) is 12.0. The summed E-state index contributed by atoms with van der Waals surface area (Å²) in [4.78, 5) is 6.16. The number of fused-ring (bicyclic) bond motifs is 1. The molecule has 0 amide bonds. The molecule has 5 rings (SSSR count). The predicted octanol–water partition coefficient (Wildman–Crippen LogP) is 5.16. The largest absolute Gasteiger partial charge is 0.396 e. The summed E-state index contributed by atoms with van der Waals surface area (Å²) >= 11 is 1.55. The summed E-state index contributed by atoms with van der Waals surface area (Å²) in [5.41, 5.74) is 2.79. The second-order valence-corrected chi connectivity index (χ2v) is 11.5. The van der Waals surface area contributed by atoms with E-state index in [-0.39, 0.29) is 6.61 Å². The standard InChI is InChI=1S/C27H29N3O3S2/c31-19-7-18-30-26(20-34-27(30)28-25-11-6-9-21-8-2-3-10-24(21)25)22-12-14-23(15-13-22)35(32,33)29-16-4-1-5-17-29/h2-3,6,8-15,20,31H,1,4-5,7,16-19H2. The topological polar surface area (TPSA) is 74.9 Å². The molecule has 0 unspecified atom stereocenters. The summed E-state index contributed by atoms with van der Waals surface area (Å²) in [6, 6.07) is 21.4. The van der Waals surface area contributed by atoms with Crippen LogP contribution in [0, 0.1) is 0 Å². The molecule has 1 fully saturated rings. The van der Waals surface area contributed by atoms with E-state index in [1.54, 1.807) is 27.8 Å². The lowest BCUT2D eigenvalue weighted by atomic mass is 10.1. The summed E-state index contributed by atoms with van der Waals surface area (Å²) in [6.45, 7) is 1.89. The predicted molar refractivity (Wildman–Crippen MR) is 141 cm³/mol. The Balaban J connectivity index is 1.52. The van der Waals surface area contributed by atoms with Gasteiger partial charge >= 0.3 is 0 Å². The van der Waals surface area contributed by atoms with E-state index in [4.69, 9.17) is 4.99 Å². The molecule has 8 heteroatoms. The quantitative estimate of drug-likeness (QED) is 0.376. The fourth-order valence-corrected chi connectivity index (χ4v) is 7.02. The van der Waals surface area contributed by atoms with Gasteiger partial charge in [-0.2, -0.15) is 4.31 Å². The number of nitrogens with zero attached hydrogens (tertiary/aromatic N) is 3. The van der Waals surface area contributed by atoms with Gasteiger partial charge in [-0.1, -0.05) is 55.0 Å². The van der Waals surface area contributed by atoms with Crippen molar-refractivity contribution in [3.8, 4) is 11.3 Å². The third-order valence-electron chi connectivity index (χ3n) is 6.42. The highest BCUT2D eigenvalue weighted by atomic mass is 32.2. The molecular formula is C27H29N3O3S2. The molecule has 4 aromatic rings. The van der Waals surface area contributed by atoms with Crippen LogP contribution >= 0.6 is 11.3 Å². The van der Waals surface area contributed by atoms with Gasteiger partial charge in [0.05, 0.1) is 16.3 Å². The van der Waals surface area contributed by atoms with E-state index in [2.05, 4.69) is 28.1 Å². The molecule has 2 heterocycles. The Kier molecular flexibility index (Phi) is 7.15. The average Bonchev–Trinajstić information content (AvgIpc) is 3.30. The first kappa shape index (κ1) is 23.9. The van der Waals surface area contributed by atoms with Crippen molar-refractivity contribution >= 4 is 37.8 Å². The van der Waals surface area contributed by atoms with Crippen molar-refractivity contribution in [1.29, 1.82) is 0 Å². The smallest absolute Gasteiger partial charge is 0.243 e. The molecule has 0 bridgehead atoms. The van der Waals surface area contributed by atoms with E-state index >= 15 is 0 Å². The number of hydrogen-bond donors (Lipinski definition) is 1. The zero-order valence-corrected chi connectivity index (χ0v) is 21.1. The van der Waals surface area contributed by atoms with Crippen LogP contribution in [0.5, 0.6) is 0 Å². The highest BCUT2D eigenvalue weighted by molar-refractivity contribution is 7.89. The van der Waals surface area contributed by atoms with Crippen molar-refractivity contribution in [2.24, 2.45) is 4.99 Å². The maximum absolute atomic E-state index is 13.0. The number of hydrogen-bond acceptors (Lipinski definition) is 5. The number of piperidine rings is 1. The van der Waals surface area contributed by atoms with Crippen molar-refractivity contribution in [3.05, 3.63) is 76.9 Å². The van der Waals surface area contributed by atoms with Gasteiger partial charge in [0.1, 0.15) is 0 Å². The third kappa shape index (κ3) is 4.97. The van der Waals surface area contributed by atoms with E-state index in [1.807, 2.05) is 36.4 Å². The Morgan fingerprint density at radius 2 is 1.66 bits per heavy atom. The number of sulfonamides is 1. The lowest BCUT2D eigenvalue weighted by Crippen LogP contribution is -2.35. The van der Waals surface area contributed by atoms with Crippen molar-refractivity contribution in [2.45, 2.75) is 37.1 Å². The van der Waals surface area contributed by atoms with Crippen molar-refractivity contribution < 1.29 is 13.5 Å². The van der Waals surface area contributed by atoms with E-state index in [0.29, 0.717) is 31.0 Å². The van der Waals surface area contributed by atoms with E-state index in [1.165, 1.54) is 0 Å². The van der Waals surface area contributed by atoms with Crippen LogP contribution in [-0.4, -0.2) is 42.1 Å². The van der Waals surface area contributed by atoms with Gasteiger partial charge in [-0.05, 0) is 48.4 Å². The molecule has 1 aliphatic rings. The number of aromatic nitrogens is 1. The molecule has 3 aromatic carbocycles. The van der Waals surface area contributed by atoms with Crippen molar-refractivity contribution in [2.75, 3.05) is 19.7 Å². The zero-order chi connectivity index (χ0) is 24.3. The minimum atomic E-state index is -3.46. The molecule has 0 atom stereocenters. The number of aliphatic hydroxyl groups is 1. The Bertz CT molecular complexity index is 1480. The second kappa shape index (κ2) is 10.5. The molecule has 1 aromatic heterocycles. The first-order valence-corrected chi connectivity index (χ1v) is 14.3. The van der Waals surface area contributed by atoms with Gasteiger partial charge in [0, 0.05) is 37.0 Å². The Morgan fingerprint density at radius 3 is 2.43 bits per heavy atom. The van der Waals surface area contributed by atoms with Gasteiger partial charge in [-0.3, -0.25) is 0 Å². The minimum Gasteiger partial charge on any atom is -0.396 e. The summed E-state index contributed by atoms with van der Waals surface area (Å²) in [7, 11) is -3.46. The molecule has 6 nitrogen and oxygen atoms in total. The van der Waals surface area contributed by atoms with Crippen molar-refractivity contribution in [3.63, 3.8) is 0 Å². The lowest BCUT2D eigenvalue weighted by Gasteiger charge is -2.25. The SMILES string of the molecule is O=S(=O)(c1ccc(-c2csc(=Nc3cccc4ccccc34)n2CCCO)cc1)N1CCCCC1. The van der Waals surface area contributed by atoms with Crippen LogP contribution in [-0.2, 0) is 16.6 Å². The fourth-order valence-electron chi connectivity index (χ4n) is 4.56. The van der Waals surface area contributed by atoms with Crippen LogP contribution in [0.2, 0.25) is 0 Å². The average molecular weight is 508 g/mol. The van der Waals surface area contributed by atoms with Crippen LogP contribution in [0.3, 0.4) is 0 Å². The molecule has 0 spiro atoms. The number of thiazole rings is 1. The van der Waals surface area contributed by atoms with Crippen LogP contribution in [0.15, 0.2) is 82.0 Å². The van der Waals surface area contributed by atoms with Crippen molar-refractivity contribution in [1.82, 2.24) is 8.87 Å². The summed E-state index contributed by atoms with van der Waals surface area (Å²) in [5, 5.41) is 13.8. The zero-order valence-electron chi connectivity index (χ0n) is 19.5. The monoisotopic (exact) mass is 507 g/mol. The van der Waals surface area contributed by atoms with Gasteiger partial charge < -0.3 is 9.67 Å². The van der Waals surface area contributed by atoms with Crippen LogP contribution < -0.4 is 4.80 Å². The highest BCUT2D eigenvalue weighted by Crippen LogP contribution is 2.28. The van der Waals surface area contributed by atoms with Gasteiger partial charge in [0.2, 0.25) is 10.0 Å². The number of aliphatic hydroxyl groups excluding tert-OH is 1. The minimum absolute atomic E-state index is 0.0863. The Labute approximate surface area is 209 Å². The Morgan fingerprint density at radius 1 is 0.914 bits per heavy atom. The maximum atomic E-state index is 13.0. The second-order valence-electron chi connectivity index (χ2n) is 8.73. The van der Waals surface area contributed by atoms with E-state index in [9.17, 15) is 13.5 Å². The van der Waals surface area contributed by atoms with Gasteiger partial charge in [0.25, 0.3) is 0 Å². The van der Waals surface area contributed by atoms with E-state index in [0.717, 1.165) is 51.8 Å². The molecule has 1 N–H and O–H groups in total. The summed E-state index contributed by atoms with van der Waals surface area (Å²) < 4.78 is 29.8. The molecule has 0 radical (unpaired) electrons. The molecule has 0 saturated carbocycles. The molecular weight excluding hydrogens is 478 g/mol. The van der Waals surface area contributed by atoms with Gasteiger partial charge in [-0.15, -0.1) is 11.3 Å². The highest BCUT2D eigenvalue weighted by Gasteiger charge is 2.25. The molecule has 182 valence electrons. The Hall–Kier alpha value is -2.78. The number of benzene rings is 3. The number of rotatable bonds is 7. The van der Waals surface area contributed by atoms with Gasteiger partial charge in [-0.25, -0.2) is 13.4 Å². The van der Waals surface area contributed by atoms with Crippen LogP contribution in [0.1, 0.15) is 25.7 Å². The normalized spacial score (nSPS) is 15.6. The maximum Gasteiger partial charge on any atom is 0.243 e. The van der Waals surface area contributed by atoms with Crippen LogP contribution in [0.25, 0.3) is 22.0 Å². The molecule has 0 aliphatic carbocycles. The van der Waals surface area contributed by atoms with Crippen LogP contribution in [0.4, 0.5) is 5.69 Å². The summed E-state index contributed by atoms with van der Waals surface area (Å²) in [6.07, 6.45) is 3.52. The fraction of sp³-hybridized carbons (Fsp3) is 0.296. The molecule has 35 heavy (non-hydrogen) atoms. The lowest BCUT2D eigenvalue weighted by molar-refractivity contribution is 0.279. The summed E-state index contributed by atoms with van der Waals surface area (Å²) in [5.74, 6) is 0.